The number of hydrogen-bond donors (Lipinski definition) is 0. The minimum absolute atomic E-state index is 0.0716. The highest BCUT2D eigenvalue weighted by Crippen LogP contribution is 2.31. The Morgan fingerprint density at radius 1 is 1.14 bits per heavy atom. The molecule has 1 aromatic heterocycles. The predicted molar refractivity (Wildman–Crippen MR) is 105 cm³/mol. The first-order valence-electron chi connectivity index (χ1n) is 9.62. The lowest BCUT2D eigenvalue weighted by atomic mass is 10.1. The van der Waals surface area contributed by atoms with Gasteiger partial charge in [0.1, 0.15) is 6.10 Å². The molecular weight excluding hydrogens is 384 g/mol. The van der Waals surface area contributed by atoms with Crippen LogP contribution in [0.25, 0.3) is 0 Å². The topological polar surface area (TPSA) is 84.4 Å². The molecular formula is C18H28N4O5S. The molecule has 10 heteroatoms. The first-order chi connectivity index (χ1) is 13.5. The summed E-state index contributed by atoms with van der Waals surface area (Å²) in [4.78, 5) is 34.2. The van der Waals surface area contributed by atoms with Gasteiger partial charge in [-0.15, -0.1) is 0 Å². The van der Waals surface area contributed by atoms with Crippen LogP contribution in [0.2, 0.25) is 0 Å². The van der Waals surface area contributed by atoms with E-state index in [4.69, 9.17) is 9.47 Å². The SMILES string of the molecule is COC(=O)Oc1cnc(N2CCC(OC(=O)N3CCN(C(C)C)CC3)CC2)s1. The van der Waals surface area contributed by atoms with Crippen LogP contribution in [0.3, 0.4) is 0 Å². The number of piperazine rings is 1. The minimum Gasteiger partial charge on any atom is -0.446 e. The Hall–Kier alpha value is -2.07. The zero-order chi connectivity index (χ0) is 20.1. The van der Waals surface area contributed by atoms with Crippen molar-refractivity contribution in [3.63, 3.8) is 0 Å². The highest BCUT2D eigenvalue weighted by molar-refractivity contribution is 7.17. The van der Waals surface area contributed by atoms with E-state index in [-0.39, 0.29) is 12.2 Å². The molecule has 3 heterocycles. The average Bonchev–Trinajstić information content (AvgIpc) is 3.16. The molecule has 0 atom stereocenters. The molecule has 2 aliphatic rings. The third-order valence-electron chi connectivity index (χ3n) is 5.11. The van der Waals surface area contributed by atoms with Gasteiger partial charge in [-0.1, -0.05) is 11.3 Å². The summed E-state index contributed by atoms with van der Waals surface area (Å²) in [6.07, 6.45) is 1.99. The van der Waals surface area contributed by atoms with E-state index >= 15 is 0 Å². The second kappa shape index (κ2) is 9.42. The van der Waals surface area contributed by atoms with Gasteiger partial charge in [0, 0.05) is 58.2 Å². The molecule has 0 spiro atoms. The van der Waals surface area contributed by atoms with E-state index in [1.165, 1.54) is 24.6 Å². The number of anilines is 1. The third-order valence-corrected chi connectivity index (χ3v) is 6.04. The number of rotatable bonds is 4. The number of carbonyl (C=O) groups is 2. The zero-order valence-electron chi connectivity index (χ0n) is 16.6. The Morgan fingerprint density at radius 2 is 1.82 bits per heavy atom. The molecule has 9 nitrogen and oxygen atoms in total. The third kappa shape index (κ3) is 5.26. The van der Waals surface area contributed by atoms with Crippen molar-refractivity contribution in [3.8, 4) is 5.06 Å². The average molecular weight is 413 g/mol. The van der Waals surface area contributed by atoms with Crippen LogP contribution < -0.4 is 9.64 Å². The van der Waals surface area contributed by atoms with Crippen LogP contribution in [0.1, 0.15) is 26.7 Å². The van der Waals surface area contributed by atoms with Crippen LogP contribution in [0.4, 0.5) is 14.7 Å². The predicted octanol–water partition coefficient (Wildman–Crippen LogP) is 2.42. The summed E-state index contributed by atoms with van der Waals surface area (Å²) in [7, 11) is 1.26. The van der Waals surface area contributed by atoms with E-state index in [2.05, 4.69) is 33.4 Å². The van der Waals surface area contributed by atoms with Crippen LogP contribution >= 0.6 is 11.3 Å². The number of amides is 1. The molecule has 0 radical (unpaired) electrons. The van der Waals surface area contributed by atoms with Crippen LogP contribution in [0, 0.1) is 0 Å². The molecule has 156 valence electrons. The van der Waals surface area contributed by atoms with Crippen LogP contribution in [-0.4, -0.2) is 85.6 Å². The summed E-state index contributed by atoms with van der Waals surface area (Å²) in [5.74, 6) is 0. The number of carbonyl (C=O) groups excluding carboxylic acids is 2. The Balaban J connectivity index is 1.42. The first-order valence-corrected chi connectivity index (χ1v) is 10.4. The van der Waals surface area contributed by atoms with Gasteiger partial charge < -0.3 is 24.0 Å². The molecule has 0 unspecified atom stereocenters. The van der Waals surface area contributed by atoms with Crippen LogP contribution in [-0.2, 0) is 9.47 Å². The number of ether oxygens (including phenoxy) is 3. The van der Waals surface area contributed by atoms with E-state index in [9.17, 15) is 9.59 Å². The maximum Gasteiger partial charge on any atom is 0.514 e. The molecule has 0 aliphatic carbocycles. The molecule has 0 aromatic carbocycles. The van der Waals surface area contributed by atoms with Gasteiger partial charge >= 0.3 is 12.2 Å². The molecule has 2 aliphatic heterocycles. The Labute approximate surface area is 169 Å². The van der Waals surface area contributed by atoms with Crippen molar-refractivity contribution in [1.82, 2.24) is 14.8 Å². The van der Waals surface area contributed by atoms with Gasteiger partial charge in [0.2, 0.25) is 5.06 Å². The molecule has 2 saturated heterocycles. The number of nitrogens with zero attached hydrogens (tertiary/aromatic N) is 4. The zero-order valence-corrected chi connectivity index (χ0v) is 17.4. The smallest absolute Gasteiger partial charge is 0.446 e. The lowest BCUT2D eigenvalue weighted by Gasteiger charge is -2.37. The van der Waals surface area contributed by atoms with Crippen molar-refractivity contribution in [2.75, 3.05) is 51.3 Å². The summed E-state index contributed by atoms with van der Waals surface area (Å²) in [5.41, 5.74) is 0. The van der Waals surface area contributed by atoms with Crippen LogP contribution in [0.15, 0.2) is 6.20 Å². The maximum absolute atomic E-state index is 12.4. The van der Waals surface area contributed by atoms with E-state index in [0.717, 1.165) is 57.2 Å². The number of hydrogen-bond acceptors (Lipinski definition) is 9. The van der Waals surface area contributed by atoms with E-state index < -0.39 is 6.16 Å². The van der Waals surface area contributed by atoms with Gasteiger partial charge in [-0.25, -0.2) is 14.6 Å². The highest BCUT2D eigenvalue weighted by Gasteiger charge is 2.28. The Kier molecular flexibility index (Phi) is 6.95. The van der Waals surface area contributed by atoms with Gasteiger partial charge in [-0.3, -0.25) is 4.90 Å². The standard InChI is InChI=1S/C18H28N4O5S/c1-13(2)20-8-10-22(11-9-20)17(23)26-14-4-6-21(7-5-14)16-19-12-15(28-16)27-18(24)25-3/h12-14H,4-11H2,1-3H3. The normalized spacial score (nSPS) is 19.0. The monoisotopic (exact) mass is 412 g/mol. The van der Waals surface area contributed by atoms with E-state index in [1.54, 1.807) is 0 Å². The molecule has 2 fully saturated rings. The minimum atomic E-state index is -0.755. The van der Waals surface area contributed by atoms with Crippen molar-refractivity contribution >= 4 is 28.7 Å². The van der Waals surface area contributed by atoms with Crippen molar-refractivity contribution in [3.05, 3.63) is 6.20 Å². The summed E-state index contributed by atoms with van der Waals surface area (Å²) in [6, 6.07) is 0.506. The van der Waals surface area contributed by atoms with Gasteiger partial charge in [0.25, 0.3) is 0 Å². The number of piperidine rings is 1. The molecule has 0 N–H and O–H groups in total. The Morgan fingerprint density at radius 3 is 2.43 bits per heavy atom. The second-order valence-electron chi connectivity index (χ2n) is 7.20. The molecule has 1 amide bonds. The van der Waals surface area contributed by atoms with Gasteiger partial charge in [-0.05, 0) is 13.8 Å². The van der Waals surface area contributed by atoms with Gasteiger partial charge in [0.05, 0.1) is 13.3 Å². The quantitative estimate of drug-likeness (QED) is 0.697. The lowest BCUT2D eigenvalue weighted by molar-refractivity contribution is 0.0338. The number of methoxy groups -OCH3 is 1. The second-order valence-corrected chi connectivity index (χ2v) is 8.18. The molecule has 1 aromatic rings. The van der Waals surface area contributed by atoms with Gasteiger partial charge in [-0.2, -0.15) is 0 Å². The lowest BCUT2D eigenvalue weighted by Crippen LogP contribution is -2.51. The molecule has 0 bridgehead atoms. The summed E-state index contributed by atoms with van der Waals surface area (Å²) in [5, 5.41) is 1.18. The molecule has 28 heavy (non-hydrogen) atoms. The highest BCUT2D eigenvalue weighted by atomic mass is 32.1. The maximum atomic E-state index is 12.4. The first kappa shape index (κ1) is 20.7. The fourth-order valence-corrected chi connectivity index (χ4v) is 4.18. The van der Waals surface area contributed by atoms with Gasteiger partial charge in [0.15, 0.2) is 5.13 Å². The molecule has 3 rings (SSSR count). The van der Waals surface area contributed by atoms with Crippen molar-refractivity contribution in [2.45, 2.75) is 38.8 Å². The molecule has 0 saturated carbocycles. The fraction of sp³-hybridized carbons (Fsp3) is 0.722. The van der Waals surface area contributed by atoms with Crippen LogP contribution in [0.5, 0.6) is 5.06 Å². The summed E-state index contributed by atoms with van der Waals surface area (Å²) in [6.45, 7) is 9.06. The largest absolute Gasteiger partial charge is 0.514 e. The number of aromatic nitrogens is 1. The summed E-state index contributed by atoms with van der Waals surface area (Å²) < 4.78 is 15.2. The number of thiazole rings is 1. The fourth-order valence-electron chi connectivity index (χ4n) is 3.37. The van der Waals surface area contributed by atoms with Crippen molar-refractivity contribution in [1.29, 1.82) is 0 Å². The summed E-state index contributed by atoms with van der Waals surface area (Å²) >= 11 is 1.29. The van der Waals surface area contributed by atoms with E-state index in [0.29, 0.717) is 11.1 Å². The van der Waals surface area contributed by atoms with E-state index in [1.807, 2.05) is 4.90 Å². The van der Waals surface area contributed by atoms with Crippen molar-refractivity contribution in [2.24, 2.45) is 0 Å². The Bertz CT molecular complexity index is 667. The van der Waals surface area contributed by atoms with Crippen molar-refractivity contribution < 1.29 is 23.8 Å².